The van der Waals surface area contributed by atoms with Gasteiger partial charge in [0.1, 0.15) is 9.76 Å². The third-order valence-corrected chi connectivity index (χ3v) is 3.73. The van der Waals surface area contributed by atoms with Gasteiger partial charge in [0.05, 0.1) is 10.9 Å². The second kappa shape index (κ2) is 4.55. The molecule has 3 heterocycles. The Morgan fingerprint density at radius 3 is 3.12 bits per heavy atom. The van der Waals surface area contributed by atoms with Crippen LogP contribution in [0.1, 0.15) is 25.5 Å². The largest absolute Gasteiger partial charge is 0.356 e. The lowest BCUT2D eigenvalue weighted by Gasteiger charge is -2.23. The number of ether oxygens (including phenoxy) is 1. The van der Waals surface area contributed by atoms with E-state index >= 15 is 0 Å². The summed E-state index contributed by atoms with van der Waals surface area (Å²) in [5.41, 5.74) is 0.962. The summed E-state index contributed by atoms with van der Waals surface area (Å²) in [5, 5.41) is 5.90. The zero-order valence-electron chi connectivity index (χ0n) is 9.07. The molecule has 1 saturated heterocycles. The fraction of sp³-hybridized carbons (Fsp3) is 0.455. The summed E-state index contributed by atoms with van der Waals surface area (Å²) in [6.07, 6.45) is 5.02. The first-order valence-corrected chi connectivity index (χ1v) is 6.73. The smallest absolute Gasteiger partial charge is 0.150 e. The molecule has 0 radical (unpaired) electrons. The van der Waals surface area contributed by atoms with Crippen LogP contribution in [-0.2, 0) is 4.74 Å². The zero-order valence-corrected chi connectivity index (χ0v) is 11.4. The maximum atomic E-state index is 5.93. The number of fused-ring (bicyclic) bond motifs is 1. The summed E-state index contributed by atoms with van der Waals surface area (Å²) in [4.78, 5) is 4.07. The molecule has 6 heteroatoms. The van der Waals surface area contributed by atoms with E-state index in [0.29, 0.717) is 5.15 Å². The van der Waals surface area contributed by atoms with Crippen molar-refractivity contribution in [1.82, 2.24) is 14.8 Å². The van der Waals surface area contributed by atoms with Gasteiger partial charge in [-0.05, 0) is 35.2 Å². The summed E-state index contributed by atoms with van der Waals surface area (Å²) in [5.74, 6) is 0. The first kappa shape index (κ1) is 11.4. The van der Waals surface area contributed by atoms with Crippen LogP contribution in [0.15, 0.2) is 16.9 Å². The Kier molecular flexibility index (Phi) is 3.06. The van der Waals surface area contributed by atoms with Gasteiger partial charge < -0.3 is 4.74 Å². The van der Waals surface area contributed by atoms with Gasteiger partial charge >= 0.3 is 0 Å². The molecular formula is C11H11BrClN3O. The Balaban J connectivity index is 2.11. The molecule has 1 unspecified atom stereocenters. The van der Waals surface area contributed by atoms with Gasteiger partial charge in [0, 0.05) is 18.9 Å². The third kappa shape index (κ3) is 2.07. The van der Waals surface area contributed by atoms with Gasteiger partial charge in [-0.15, -0.1) is 0 Å². The molecule has 90 valence electrons. The van der Waals surface area contributed by atoms with Crippen molar-refractivity contribution in [2.24, 2.45) is 0 Å². The molecular weight excluding hydrogens is 305 g/mol. The molecule has 0 aliphatic carbocycles. The molecule has 17 heavy (non-hydrogen) atoms. The Morgan fingerprint density at radius 1 is 1.47 bits per heavy atom. The molecule has 1 fully saturated rings. The number of rotatable bonds is 1. The van der Waals surface area contributed by atoms with Crippen LogP contribution >= 0.6 is 27.5 Å². The van der Waals surface area contributed by atoms with Crippen LogP contribution in [0.4, 0.5) is 0 Å². The highest BCUT2D eigenvalue weighted by Crippen LogP contribution is 2.30. The van der Waals surface area contributed by atoms with E-state index in [9.17, 15) is 0 Å². The second-order valence-corrected chi connectivity index (χ2v) is 5.22. The van der Waals surface area contributed by atoms with E-state index in [4.69, 9.17) is 16.3 Å². The summed E-state index contributed by atoms with van der Waals surface area (Å²) in [6, 6.07) is 1.83. The van der Waals surface area contributed by atoms with Crippen molar-refractivity contribution in [3.05, 3.63) is 22.0 Å². The van der Waals surface area contributed by atoms with Crippen molar-refractivity contribution in [3.8, 4) is 0 Å². The molecule has 4 nitrogen and oxygen atoms in total. The fourth-order valence-corrected chi connectivity index (χ4v) is 2.74. The highest BCUT2D eigenvalue weighted by atomic mass is 79.9. The first-order chi connectivity index (χ1) is 8.25. The van der Waals surface area contributed by atoms with Crippen molar-refractivity contribution >= 4 is 38.4 Å². The van der Waals surface area contributed by atoms with Crippen LogP contribution in [-0.4, -0.2) is 21.4 Å². The van der Waals surface area contributed by atoms with Gasteiger partial charge in [0.15, 0.2) is 6.23 Å². The number of nitrogens with zero attached hydrogens (tertiary/aromatic N) is 3. The van der Waals surface area contributed by atoms with E-state index in [-0.39, 0.29) is 6.23 Å². The number of halogens is 2. The Bertz CT molecular complexity index is 551. The van der Waals surface area contributed by atoms with E-state index in [1.807, 2.05) is 10.7 Å². The predicted molar refractivity (Wildman–Crippen MR) is 69.1 cm³/mol. The lowest BCUT2D eigenvalue weighted by Crippen LogP contribution is -2.19. The van der Waals surface area contributed by atoms with E-state index in [1.165, 1.54) is 6.42 Å². The second-order valence-electron chi connectivity index (χ2n) is 4.08. The lowest BCUT2D eigenvalue weighted by molar-refractivity contribution is -0.0368. The van der Waals surface area contributed by atoms with Gasteiger partial charge in [-0.1, -0.05) is 11.6 Å². The first-order valence-electron chi connectivity index (χ1n) is 5.56. The maximum absolute atomic E-state index is 5.93. The minimum Gasteiger partial charge on any atom is -0.356 e. The van der Waals surface area contributed by atoms with E-state index in [0.717, 1.165) is 35.0 Å². The normalized spacial score (nSPS) is 20.9. The Labute approximate surface area is 112 Å². The molecule has 0 aromatic carbocycles. The zero-order chi connectivity index (χ0) is 11.8. The van der Waals surface area contributed by atoms with Crippen LogP contribution in [0.5, 0.6) is 0 Å². The van der Waals surface area contributed by atoms with Gasteiger partial charge in [0.25, 0.3) is 0 Å². The number of hydrogen-bond acceptors (Lipinski definition) is 3. The van der Waals surface area contributed by atoms with Crippen molar-refractivity contribution in [3.63, 3.8) is 0 Å². The van der Waals surface area contributed by atoms with Crippen LogP contribution in [0, 0.1) is 0 Å². The summed E-state index contributed by atoms with van der Waals surface area (Å²) in [7, 11) is 0. The molecule has 1 aliphatic rings. The van der Waals surface area contributed by atoms with Crippen molar-refractivity contribution in [2.45, 2.75) is 25.5 Å². The molecule has 0 amide bonds. The minimum absolute atomic E-state index is 0.0102. The van der Waals surface area contributed by atoms with Gasteiger partial charge in [-0.3, -0.25) is 0 Å². The number of pyridine rings is 1. The average molecular weight is 317 g/mol. The summed E-state index contributed by atoms with van der Waals surface area (Å²) < 4.78 is 8.42. The van der Waals surface area contributed by atoms with Crippen LogP contribution < -0.4 is 0 Å². The topological polar surface area (TPSA) is 39.9 Å². The predicted octanol–water partition coefficient (Wildman–Crippen LogP) is 3.55. The van der Waals surface area contributed by atoms with Crippen LogP contribution in [0.2, 0.25) is 5.15 Å². The fourth-order valence-electron chi connectivity index (χ4n) is 2.11. The molecule has 1 atom stereocenters. The molecule has 3 rings (SSSR count). The summed E-state index contributed by atoms with van der Waals surface area (Å²) >= 11 is 9.37. The Morgan fingerprint density at radius 2 is 2.35 bits per heavy atom. The highest BCUT2D eigenvalue weighted by Gasteiger charge is 2.20. The monoisotopic (exact) mass is 315 g/mol. The van der Waals surface area contributed by atoms with Gasteiger partial charge in [-0.2, -0.15) is 5.10 Å². The maximum Gasteiger partial charge on any atom is 0.150 e. The molecule has 0 N–H and O–H groups in total. The van der Waals surface area contributed by atoms with Crippen molar-refractivity contribution in [1.29, 1.82) is 0 Å². The van der Waals surface area contributed by atoms with Gasteiger partial charge in [0.2, 0.25) is 0 Å². The standard InChI is InChI=1S/C11H11BrClN3O/c12-11-7-6-14-9(13)5-8(7)16(15-11)10-3-1-2-4-17-10/h5-6,10H,1-4H2. The quantitative estimate of drug-likeness (QED) is 0.755. The molecule has 1 aliphatic heterocycles. The molecule has 2 aromatic rings. The number of aromatic nitrogens is 3. The van der Waals surface area contributed by atoms with Crippen molar-refractivity contribution < 1.29 is 4.74 Å². The average Bonchev–Trinajstić information content (AvgIpc) is 2.67. The minimum atomic E-state index is 0.0102. The molecule has 0 saturated carbocycles. The molecule has 0 spiro atoms. The van der Waals surface area contributed by atoms with E-state index < -0.39 is 0 Å². The lowest BCUT2D eigenvalue weighted by atomic mass is 10.2. The van der Waals surface area contributed by atoms with Crippen molar-refractivity contribution in [2.75, 3.05) is 6.61 Å². The third-order valence-electron chi connectivity index (χ3n) is 2.94. The molecule has 2 aromatic heterocycles. The van der Waals surface area contributed by atoms with Gasteiger partial charge in [-0.25, -0.2) is 9.67 Å². The Hall–Kier alpha value is -0.650. The van der Waals surface area contributed by atoms with E-state index in [2.05, 4.69) is 26.0 Å². The van der Waals surface area contributed by atoms with E-state index in [1.54, 1.807) is 6.20 Å². The van der Waals surface area contributed by atoms with Crippen LogP contribution in [0.3, 0.4) is 0 Å². The highest BCUT2D eigenvalue weighted by molar-refractivity contribution is 9.10. The number of hydrogen-bond donors (Lipinski definition) is 0. The van der Waals surface area contributed by atoms with Crippen LogP contribution in [0.25, 0.3) is 10.9 Å². The molecule has 0 bridgehead atoms. The SMILES string of the molecule is Clc1cc2c(cn1)c(Br)nn2C1CCCCO1. The summed E-state index contributed by atoms with van der Waals surface area (Å²) in [6.45, 7) is 0.794.